The van der Waals surface area contributed by atoms with Gasteiger partial charge in [-0.2, -0.15) is 0 Å². The van der Waals surface area contributed by atoms with Crippen LogP contribution in [0.2, 0.25) is 0 Å². The molecule has 0 unspecified atom stereocenters. The van der Waals surface area contributed by atoms with Crippen LogP contribution in [0.5, 0.6) is 0 Å². The minimum atomic E-state index is -0.342. The Morgan fingerprint density at radius 1 is 1.20 bits per heavy atom. The lowest BCUT2D eigenvalue weighted by Gasteiger charge is -2.24. The van der Waals surface area contributed by atoms with Gasteiger partial charge in [0.05, 0.1) is 23.8 Å². The predicted octanol–water partition coefficient (Wildman–Crippen LogP) is 1.61. The van der Waals surface area contributed by atoms with Gasteiger partial charge in [0.2, 0.25) is 11.8 Å². The molecule has 1 heterocycles. The minimum Gasteiger partial charge on any atom is -0.310 e. The molecule has 1 aromatic rings. The van der Waals surface area contributed by atoms with Gasteiger partial charge in [-0.25, -0.2) is 0 Å². The normalized spacial score (nSPS) is 18.6. The first kappa shape index (κ1) is 14.2. The van der Waals surface area contributed by atoms with Crippen molar-refractivity contribution in [3.05, 3.63) is 24.3 Å². The summed E-state index contributed by atoms with van der Waals surface area (Å²) in [7, 11) is 0. The molecule has 1 aliphatic heterocycles. The zero-order valence-corrected chi connectivity index (χ0v) is 11.9. The van der Waals surface area contributed by atoms with Crippen LogP contribution >= 0.6 is 0 Å². The van der Waals surface area contributed by atoms with Crippen molar-refractivity contribution in [3.63, 3.8) is 0 Å². The van der Waals surface area contributed by atoms with E-state index in [2.05, 4.69) is 0 Å². The third kappa shape index (κ3) is 2.57. The highest BCUT2D eigenvalue weighted by atomic mass is 16.2. The number of carbonyl (C=O) groups is 3. The Bertz CT molecular complexity index is 568. The molecule has 0 bridgehead atoms. The first-order valence-corrected chi connectivity index (χ1v) is 6.59. The third-order valence-electron chi connectivity index (χ3n) is 3.37. The van der Waals surface area contributed by atoms with Gasteiger partial charge >= 0.3 is 0 Å². The molecule has 106 valence electrons. The van der Waals surface area contributed by atoms with Crippen molar-refractivity contribution in [2.45, 2.75) is 20.8 Å². The summed E-state index contributed by atoms with van der Waals surface area (Å²) in [4.78, 5) is 38.8. The van der Waals surface area contributed by atoms with Crippen LogP contribution in [0, 0.1) is 5.92 Å². The van der Waals surface area contributed by atoms with Crippen LogP contribution in [0.25, 0.3) is 0 Å². The van der Waals surface area contributed by atoms with Crippen molar-refractivity contribution in [2.24, 2.45) is 5.92 Å². The summed E-state index contributed by atoms with van der Waals surface area (Å²) < 4.78 is 0. The molecule has 2 rings (SSSR count). The first-order chi connectivity index (χ1) is 9.41. The van der Waals surface area contributed by atoms with E-state index in [9.17, 15) is 14.4 Å². The fourth-order valence-electron chi connectivity index (χ4n) is 2.44. The lowest BCUT2D eigenvalue weighted by atomic mass is 10.1. The van der Waals surface area contributed by atoms with Gasteiger partial charge in [-0.15, -0.1) is 0 Å². The number of benzene rings is 1. The number of amides is 2. The van der Waals surface area contributed by atoms with Crippen molar-refractivity contribution in [1.82, 2.24) is 0 Å². The van der Waals surface area contributed by atoms with Gasteiger partial charge in [-0.1, -0.05) is 19.1 Å². The fourth-order valence-corrected chi connectivity index (χ4v) is 2.44. The number of carbonyl (C=O) groups excluding carboxylic acids is 3. The highest BCUT2D eigenvalue weighted by Gasteiger charge is 2.32. The summed E-state index contributed by atoms with van der Waals surface area (Å²) in [6, 6.07) is 7.19. The molecule has 20 heavy (non-hydrogen) atoms. The van der Waals surface area contributed by atoms with Crippen molar-refractivity contribution in [2.75, 3.05) is 22.9 Å². The number of para-hydroxylation sites is 2. The van der Waals surface area contributed by atoms with Gasteiger partial charge in [-0.3, -0.25) is 14.4 Å². The van der Waals surface area contributed by atoms with E-state index in [-0.39, 0.29) is 30.1 Å². The van der Waals surface area contributed by atoms with Gasteiger partial charge in [0.1, 0.15) is 5.78 Å². The Labute approximate surface area is 118 Å². The van der Waals surface area contributed by atoms with Crippen LogP contribution in [-0.2, 0) is 14.4 Å². The van der Waals surface area contributed by atoms with Crippen LogP contribution in [0.4, 0.5) is 11.4 Å². The number of anilines is 2. The number of hydrogen-bond acceptors (Lipinski definition) is 3. The Hall–Kier alpha value is -2.17. The van der Waals surface area contributed by atoms with Crippen molar-refractivity contribution < 1.29 is 14.4 Å². The molecule has 1 atom stereocenters. The molecule has 1 aromatic carbocycles. The lowest BCUT2D eigenvalue weighted by Crippen LogP contribution is -2.39. The van der Waals surface area contributed by atoms with E-state index in [0.717, 1.165) is 0 Å². The zero-order chi connectivity index (χ0) is 14.9. The molecular formula is C15H18N2O3. The van der Waals surface area contributed by atoms with E-state index in [0.29, 0.717) is 17.9 Å². The summed E-state index contributed by atoms with van der Waals surface area (Å²) >= 11 is 0. The second-order valence-electron chi connectivity index (χ2n) is 5.15. The maximum atomic E-state index is 12.4. The first-order valence-electron chi connectivity index (χ1n) is 6.59. The molecule has 0 aliphatic carbocycles. The van der Waals surface area contributed by atoms with E-state index >= 15 is 0 Å². The molecule has 0 radical (unpaired) electrons. The molecule has 5 heteroatoms. The van der Waals surface area contributed by atoms with Gasteiger partial charge in [0.15, 0.2) is 0 Å². The van der Waals surface area contributed by atoms with Gasteiger partial charge in [-0.05, 0) is 19.1 Å². The molecule has 0 fully saturated rings. The number of rotatable bonds is 2. The SMILES string of the molecule is CC(=O)CN1C(=O)[C@@H](C)CN(C(C)=O)c2ccccc21. The number of fused-ring (bicyclic) bond motifs is 1. The Morgan fingerprint density at radius 2 is 1.80 bits per heavy atom. The summed E-state index contributed by atoms with van der Waals surface area (Å²) in [6.07, 6.45) is 0. The highest BCUT2D eigenvalue weighted by molar-refractivity contribution is 6.07. The van der Waals surface area contributed by atoms with Gasteiger partial charge in [0, 0.05) is 13.5 Å². The summed E-state index contributed by atoms with van der Waals surface area (Å²) in [5.74, 6) is -0.666. The van der Waals surface area contributed by atoms with Crippen molar-refractivity contribution in [3.8, 4) is 0 Å². The number of ketones is 1. The average molecular weight is 274 g/mol. The smallest absolute Gasteiger partial charge is 0.232 e. The third-order valence-corrected chi connectivity index (χ3v) is 3.37. The predicted molar refractivity (Wildman–Crippen MR) is 76.7 cm³/mol. The van der Waals surface area contributed by atoms with Crippen molar-refractivity contribution in [1.29, 1.82) is 0 Å². The van der Waals surface area contributed by atoms with E-state index in [1.54, 1.807) is 30.0 Å². The van der Waals surface area contributed by atoms with Gasteiger partial charge < -0.3 is 9.80 Å². The lowest BCUT2D eigenvalue weighted by molar-refractivity contribution is -0.124. The standard InChI is InChI=1S/C15H18N2O3/c1-10-8-16(12(3)19)13-6-4-5-7-14(13)17(15(10)20)9-11(2)18/h4-7,10H,8-9H2,1-3H3/t10-/m0/s1. The highest BCUT2D eigenvalue weighted by Crippen LogP contribution is 2.33. The Morgan fingerprint density at radius 3 is 2.35 bits per heavy atom. The number of nitrogens with zero attached hydrogens (tertiary/aromatic N) is 2. The zero-order valence-electron chi connectivity index (χ0n) is 11.9. The largest absolute Gasteiger partial charge is 0.310 e. The van der Waals surface area contributed by atoms with E-state index in [1.807, 2.05) is 6.07 Å². The summed E-state index contributed by atoms with van der Waals surface area (Å²) in [6.45, 7) is 5.08. The van der Waals surface area contributed by atoms with Crippen LogP contribution < -0.4 is 9.80 Å². The van der Waals surface area contributed by atoms with Crippen LogP contribution in [0.1, 0.15) is 20.8 Å². The number of hydrogen-bond donors (Lipinski definition) is 0. The maximum absolute atomic E-state index is 12.4. The Balaban J connectivity index is 2.56. The minimum absolute atomic E-state index is 0.0337. The topological polar surface area (TPSA) is 57.7 Å². The maximum Gasteiger partial charge on any atom is 0.232 e. The van der Waals surface area contributed by atoms with E-state index < -0.39 is 0 Å². The molecule has 0 saturated heterocycles. The van der Waals surface area contributed by atoms with Crippen LogP contribution in [0.3, 0.4) is 0 Å². The molecule has 1 aliphatic rings. The average Bonchev–Trinajstić information content (AvgIpc) is 2.49. The fraction of sp³-hybridized carbons (Fsp3) is 0.400. The number of Topliss-reactive ketones (excluding diaryl/α,β-unsaturated/α-hetero) is 1. The molecular weight excluding hydrogens is 256 g/mol. The summed E-state index contributed by atoms with van der Waals surface area (Å²) in [5.41, 5.74) is 1.30. The molecule has 0 spiro atoms. The Kier molecular flexibility index (Phi) is 3.88. The second-order valence-corrected chi connectivity index (χ2v) is 5.15. The van der Waals surface area contributed by atoms with E-state index in [4.69, 9.17) is 0 Å². The van der Waals surface area contributed by atoms with Crippen molar-refractivity contribution >= 4 is 29.0 Å². The summed E-state index contributed by atoms with van der Waals surface area (Å²) in [5, 5.41) is 0. The molecule has 5 nitrogen and oxygen atoms in total. The quantitative estimate of drug-likeness (QED) is 0.823. The monoisotopic (exact) mass is 274 g/mol. The van der Waals surface area contributed by atoms with Crippen LogP contribution in [0.15, 0.2) is 24.3 Å². The molecule has 0 saturated carbocycles. The van der Waals surface area contributed by atoms with Gasteiger partial charge in [0.25, 0.3) is 0 Å². The molecule has 0 N–H and O–H groups in total. The van der Waals surface area contributed by atoms with E-state index in [1.165, 1.54) is 18.7 Å². The molecule has 0 aromatic heterocycles. The second kappa shape index (κ2) is 5.45. The van der Waals surface area contributed by atoms with Crippen LogP contribution in [-0.4, -0.2) is 30.7 Å². The molecule has 2 amide bonds.